The SMILES string of the molecule is COc1ccc(C(=O)N(C)Cc2ccccc2)cc1S(=O)(=O)N1CC(C)CC(C)C1. The minimum absolute atomic E-state index is 0.0465. The van der Waals surface area contributed by atoms with Crippen LogP contribution in [-0.4, -0.2) is 50.8 Å². The lowest BCUT2D eigenvalue weighted by molar-refractivity contribution is 0.0784. The molecule has 30 heavy (non-hydrogen) atoms. The van der Waals surface area contributed by atoms with Crippen molar-refractivity contribution in [2.75, 3.05) is 27.2 Å². The van der Waals surface area contributed by atoms with Crippen molar-refractivity contribution in [3.8, 4) is 5.75 Å². The smallest absolute Gasteiger partial charge is 0.253 e. The number of rotatable bonds is 6. The molecule has 1 heterocycles. The molecule has 1 amide bonds. The van der Waals surface area contributed by atoms with Gasteiger partial charge in [0, 0.05) is 32.2 Å². The van der Waals surface area contributed by atoms with E-state index in [1.165, 1.54) is 17.5 Å². The fourth-order valence-electron chi connectivity index (χ4n) is 4.10. The number of ether oxygens (including phenoxy) is 1. The van der Waals surface area contributed by atoms with Crippen LogP contribution >= 0.6 is 0 Å². The molecule has 1 aliphatic rings. The highest BCUT2D eigenvalue weighted by atomic mass is 32.2. The van der Waals surface area contributed by atoms with E-state index in [0.717, 1.165) is 12.0 Å². The molecule has 0 saturated carbocycles. The Labute approximate surface area is 179 Å². The Balaban J connectivity index is 1.90. The summed E-state index contributed by atoms with van der Waals surface area (Å²) in [7, 11) is -0.620. The number of piperidine rings is 1. The van der Waals surface area contributed by atoms with Crippen molar-refractivity contribution in [3.63, 3.8) is 0 Å². The molecule has 0 spiro atoms. The first-order valence-electron chi connectivity index (χ1n) is 10.2. The molecule has 6 nitrogen and oxygen atoms in total. The standard InChI is InChI=1S/C23H30N2O4S/c1-17-12-18(2)15-25(14-17)30(27,28)22-13-20(10-11-21(22)29-4)23(26)24(3)16-19-8-6-5-7-9-19/h5-11,13,17-18H,12,14-16H2,1-4H3. The van der Waals surface area contributed by atoms with Crippen LogP contribution in [0.5, 0.6) is 5.75 Å². The summed E-state index contributed by atoms with van der Waals surface area (Å²) >= 11 is 0. The number of carbonyl (C=O) groups excluding carboxylic acids is 1. The van der Waals surface area contributed by atoms with Crippen LogP contribution < -0.4 is 4.74 Å². The first kappa shape index (κ1) is 22.3. The van der Waals surface area contributed by atoms with Crippen LogP contribution in [0.2, 0.25) is 0 Å². The first-order valence-corrected chi connectivity index (χ1v) is 11.6. The molecule has 0 aliphatic carbocycles. The van der Waals surface area contributed by atoms with Crippen LogP contribution in [-0.2, 0) is 16.6 Å². The monoisotopic (exact) mass is 430 g/mol. The lowest BCUT2D eigenvalue weighted by Gasteiger charge is -2.34. The number of amides is 1. The number of sulfonamides is 1. The normalized spacial score (nSPS) is 20.0. The first-order chi connectivity index (χ1) is 14.2. The second kappa shape index (κ2) is 9.18. The molecule has 1 fully saturated rings. The minimum Gasteiger partial charge on any atom is -0.495 e. The summed E-state index contributed by atoms with van der Waals surface area (Å²) in [6.45, 7) is 5.51. The number of hydrogen-bond acceptors (Lipinski definition) is 4. The van der Waals surface area contributed by atoms with Gasteiger partial charge in [0.05, 0.1) is 7.11 Å². The highest BCUT2D eigenvalue weighted by Crippen LogP contribution is 2.32. The number of methoxy groups -OCH3 is 1. The Morgan fingerprint density at radius 2 is 1.73 bits per heavy atom. The van der Waals surface area contributed by atoms with E-state index in [0.29, 0.717) is 25.2 Å². The average Bonchev–Trinajstić information content (AvgIpc) is 2.72. The summed E-state index contributed by atoms with van der Waals surface area (Å²) in [6, 6.07) is 14.3. The summed E-state index contributed by atoms with van der Waals surface area (Å²) in [5, 5.41) is 0. The van der Waals surface area contributed by atoms with E-state index >= 15 is 0 Å². The van der Waals surface area contributed by atoms with E-state index in [9.17, 15) is 13.2 Å². The van der Waals surface area contributed by atoms with Gasteiger partial charge in [0.1, 0.15) is 10.6 Å². The summed E-state index contributed by atoms with van der Waals surface area (Å²) in [5.41, 5.74) is 1.33. The van der Waals surface area contributed by atoms with Gasteiger partial charge in [0.25, 0.3) is 5.91 Å². The van der Waals surface area contributed by atoms with E-state index in [4.69, 9.17) is 4.74 Å². The topological polar surface area (TPSA) is 66.9 Å². The van der Waals surface area contributed by atoms with Gasteiger partial charge in [-0.25, -0.2) is 8.42 Å². The molecule has 2 atom stereocenters. The van der Waals surface area contributed by atoms with E-state index in [1.807, 2.05) is 30.3 Å². The van der Waals surface area contributed by atoms with Crippen LogP contribution in [0, 0.1) is 11.8 Å². The zero-order valence-corrected chi connectivity index (χ0v) is 18.9. The summed E-state index contributed by atoms with van der Waals surface area (Å²) in [5.74, 6) is 0.592. The number of benzene rings is 2. The zero-order valence-electron chi connectivity index (χ0n) is 18.0. The molecule has 1 aliphatic heterocycles. The average molecular weight is 431 g/mol. The van der Waals surface area contributed by atoms with Gasteiger partial charge < -0.3 is 9.64 Å². The Morgan fingerprint density at radius 1 is 1.10 bits per heavy atom. The maximum absolute atomic E-state index is 13.4. The van der Waals surface area contributed by atoms with Crippen molar-refractivity contribution >= 4 is 15.9 Å². The van der Waals surface area contributed by atoms with Crippen molar-refractivity contribution in [1.29, 1.82) is 0 Å². The molecule has 2 unspecified atom stereocenters. The summed E-state index contributed by atoms with van der Waals surface area (Å²) < 4.78 is 33.7. The number of nitrogens with zero attached hydrogens (tertiary/aromatic N) is 2. The van der Waals surface area contributed by atoms with Crippen molar-refractivity contribution in [2.45, 2.75) is 31.7 Å². The predicted octanol–water partition coefficient (Wildman–Crippen LogP) is 3.63. The highest BCUT2D eigenvalue weighted by Gasteiger charge is 2.34. The molecular weight excluding hydrogens is 400 g/mol. The van der Waals surface area contributed by atoms with Gasteiger partial charge in [-0.3, -0.25) is 4.79 Å². The lowest BCUT2D eigenvalue weighted by Crippen LogP contribution is -2.42. The second-order valence-corrected chi connectivity index (χ2v) is 10.2. The Bertz CT molecular complexity index is 982. The summed E-state index contributed by atoms with van der Waals surface area (Å²) in [4.78, 5) is 14.6. The van der Waals surface area contributed by atoms with Gasteiger partial charge in [-0.15, -0.1) is 0 Å². The molecule has 162 valence electrons. The highest BCUT2D eigenvalue weighted by molar-refractivity contribution is 7.89. The lowest BCUT2D eigenvalue weighted by atomic mass is 9.94. The maximum Gasteiger partial charge on any atom is 0.253 e. The number of carbonyl (C=O) groups is 1. The van der Waals surface area contributed by atoms with Gasteiger partial charge >= 0.3 is 0 Å². The second-order valence-electron chi connectivity index (χ2n) is 8.28. The van der Waals surface area contributed by atoms with Crippen LogP contribution in [0.1, 0.15) is 36.2 Å². The fourth-order valence-corrected chi connectivity index (χ4v) is 5.96. The minimum atomic E-state index is -3.77. The predicted molar refractivity (Wildman–Crippen MR) is 117 cm³/mol. The molecule has 2 aromatic rings. The van der Waals surface area contributed by atoms with Gasteiger partial charge in [-0.2, -0.15) is 4.31 Å². The molecule has 3 rings (SSSR count). The Hall–Kier alpha value is -2.38. The molecule has 1 saturated heterocycles. The molecule has 7 heteroatoms. The molecule has 2 aromatic carbocycles. The number of hydrogen-bond donors (Lipinski definition) is 0. The van der Waals surface area contributed by atoms with Crippen LogP contribution in [0.3, 0.4) is 0 Å². The molecule has 0 radical (unpaired) electrons. The van der Waals surface area contributed by atoms with Crippen LogP contribution in [0.4, 0.5) is 0 Å². The van der Waals surface area contributed by atoms with Crippen LogP contribution in [0.25, 0.3) is 0 Å². The van der Waals surface area contributed by atoms with Crippen LogP contribution in [0.15, 0.2) is 53.4 Å². The third kappa shape index (κ3) is 4.84. The van der Waals surface area contributed by atoms with Gasteiger partial charge in [-0.1, -0.05) is 44.2 Å². The van der Waals surface area contributed by atoms with E-state index in [-0.39, 0.29) is 28.4 Å². The molecule has 0 N–H and O–H groups in total. The van der Waals surface area contributed by atoms with Crippen molar-refractivity contribution in [3.05, 3.63) is 59.7 Å². The quantitative estimate of drug-likeness (QED) is 0.702. The Morgan fingerprint density at radius 3 is 2.33 bits per heavy atom. The van der Waals surface area contributed by atoms with Crippen molar-refractivity contribution < 1.29 is 17.9 Å². The van der Waals surface area contributed by atoms with Gasteiger partial charge in [0.2, 0.25) is 10.0 Å². The largest absolute Gasteiger partial charge is 0.495 e. The Kier molecular flexibility index (Phi) is 6.83. The zero-order chi connectivity index (χ0) is 21.9. The third-order valence-corrected chi connectivity index (χ3v) is 7.33. The van der Waals surface area contributed by atoms with Crippen molar-refractivity contribution in [2.24, 2.45) is 11.8 Å². The fraction of sp³-hybridized carbons (Fsp3) is 0.435. The summed E-state index contributed by atoms with van der Waals surface area (Å²) in [6.07, 6.45) is 1.01. The third-order valence-electron chi connectivity index (χ3n) is 5.47. The van der Waals surface area contributed by atoms with E-state index in [2.05, 4.69) is 13.8 Å². The van der Waals surface area contributed by atoms with E-state index < -0.39 is 10.0 Å². The molecule has 0 bridgehead atoms. The molecular formula is C23H30N2O4S. The van der Waals surface area contributed by atoms with Crippen molar-refractivity contribution in [1.82, 2.24) is 9.21 Å². The van der Waals surface area contributed by atoms with Gasteiger partial charge in [0.15, 0.2) is 0 Å². The molecule has 0 aromatic heterocycles. The van der Waals surface area contributed by atoms with E-state index in [1.54, 1.807) is 24.1 Å². The van der Waals surface area contributed by atoms with Gasteiger partial charge in [-0.05, 0) is 42.0 Å². The maximum atomic E-state index is 13.4.